The number of ether oxygens (including phenoxy) is 1. The van der Waals surface area contributed by atoms with E-state index < -0.39 is 0 Å². The maximum atomic E-state index is 12.9. The van der Waals surface area contributed by atoms with E-state index in [9.17, 15) is 9.18 Å². The fraction of sp³-hybridized carbons (Fsp3) is 0.318. The van der Waals surface area contributed by atoms with Crippen molar-refractivity contribution in [2.75, 3.05) is 19.7 Å². The van der Waals surface area contributed by atoms with Gasteiger partial charge in [0.05, 0.1) is 0 Å². The molecule has 3 aromatic rings. The van der Waals surface area contributed by atoms with Crippen molar-refractivity contribution in [1.82, 2.24) is 15.0 Å². The second-order valence-electron chi connectivity index (χ2n) is 7.22. The van der Waals surface area contributed by atoms with Crippen LogP contribution >= 0.6 is 0 Å². The maximum Gasteiger partial charge on any atom is 0.260 e. The molecule has 6 nitrogen and oxygen atoms in total. The molecule has 150 valence electrons. The van der Waals surface area contributed by atoms with Gasteiger partial charge in [0, 0.05) is 24.6 Å². The molecule has 1 aliphatic rings. The Morgan fingerprint density at radius 3 is 2.52 bits per heavy atom. The molecule has 2 heterocycles. The Hall–Kier alpha value is -3.22. The first-order valence-corrected chi connectivity index (χ1v) is 9.65. The van der Waals surface area contributed by atoms with Crippen LogP contribution in [0.3, 0.4) is 0 Å². The number of carbonyl (C=O) groups excluding carboxylic acids is 1. The fourth-order valence-corrected chi connectivity index (χ4v) is 3.36. The van der Waals surface area contributed by atoms with Gasteiger partial charge in [-0.25, -0.2) is 4.39 Å². The summed E-state index contributed by atoms with van der Waals surface area (Å²) in [6, 6.07) is 13.6. The molecule has 0 radical (unpaired) electrons. The Kier molecular flexibility index (Phi) is 5.55. The van der Waals surface area contributed by atoms with Crippen molar-refractivity contribution >= 4 is 5.91 Å². The number of hydrogen-bond donors (Lipinski definition) is 0. The van der Waals surface area contributed by atoms with Gasteiger partial charge < -0.3 is 14.2 Å². The van der Waals surface area contributed by atoms with Crippen molar-refractivity contribution in [3.8, 4) is 17.1 Å². The quantitative estimate of drug-likeness (QED) is 0.654. The van der Waals surface area contributed by atoms with Gasteiger partial charge in [-0.15, -0.1) is 0 Å². The topological polar surface area (TPSA) is 68.5 Å². The van der Waals surface area contributed by atoms with Gasteiger partial charge in [-0.2, -0.15) is 4.98 Å². The normalized spacial score (nSPS) is 14.8. The number of piperidine rings is 1. The van der Waals surface area contributed by atoms with Crippen molar-refractivity contribution in [3.63, 3.8) is 0 Å². The molecule has 0 saturated carbocycles. The summed E-state index contributed by atoms with van der Waals surface area (Å²) in [5.41, 5.74) is 2.11. The Morgan fingerprint density at radius 1 is 1.14 bits per heavy atom. The summed E-state index contributed by atoms with van der Waals surface area (Å²) in [5.74, 6) is 1.41. The second kappa shape index (κ2) is 8.43. The monoisotopic (exact) mass is 395 g/mol. The van der Waals surface area contributed by atoms with Gasteiger partial charge in [-0.05, 0) is 44.0 Å². The smallest absolute Gasteiger partial charge is 0.260 e. The predicted octanol–water partition coefficient (Wildman–Crippen LogP) is 3.97. The van der Waals surface area contributed by atoms with Crippen molar-refractivity contribution in [3.05, 3.63) is 65.8 Å². The van der Waals surface area contributed by atoms with Crippen LogP contribution in [0.1, 0.15) is 30.2 Å². The SMILES string of the molecule is Cc1ccc(-c2noc(C3CCN(C(=O)COc4ccc(F)cc4)CC3)n2)cc1. The Bertz CT molecular complexity index is 962. The van der Waals surface area contributed by atoms with E-state index in [1.165, 1.54) is 29.8 Å². The van der Waals surface area contributed by atoms with E-state index in [0.29, 0.717) is 30.6 Å². The highest BCUT2D eigenvalue weighted by Crippen LogP contribution is 2.28. The lowest BCUT2D eigenvalue weighted by Crippen LogP contribution is -2.40. The minimum absolute atomic E-state index is 0.0611. The standard InChI is InChI=1S/C22H22FN3O3/c1-15-2-4-16(5-3-15)21-24-22(29-25-21)17-10-12-26(13-11-17)20(27)14-28-19-8-6-18(23)7-9-19/h2-9,17H,10-14H2,1H3. The minimum atomic E-state index is -0.336. The van der Waals surface area contributed by atoms with Crippen LogP contribution in [0.25, 0.3) is 11.4 Å². The average molecular weight is 395 g/mol. The third kappa shape index (κ3) is 4.62. The number of nitrogens with zero attached hydrogens (tertiary/aromatic N) is 3. The largest absolute Gasteiger partial charge is 0.484 e. The highest BCUT2D eigenvalue weighted by atomic mass is 19.1. The van der Waals surface area contributed by atoms with E-state index in [1.807, 2.05) is 31.2 Å². The number of aromatic nitrogens is 2. The number of rotatable bonds is 5. The molecule has 29 heavy (non-hydrogen) atoms. The molecule has 1 aliphatic heterocycles. The van der Waals surface area contributed by atoms with Crippen molar-refractivity contribution < 1.29 is 18.4 Å². The Morgan fingerprint density at radius 2 is 1.83 bits per heavy atom. The molecule has 1 amide bonds. The highest BCUT2D eigenvalue weighted by Gasteiger charge is 2.27. The van der Waals surface area contributed by atoms with Crippen molar-refractivity contribution in [2.24, 2.45) is 0 Å². The lowest BCUT2D eigenvalue weighted by atomic mass is 9.96. The zero-order valence-electron chi connectivity index (χ0n) is 16.2. The molecule has 7 heteroatoms. The lowest BCUT2D eigenvalue weighted by molar-refractivity contribution is -0.134. The Balaban J connectivity index is 1.29. The van der Waals surface area contributed by atoms with E-state index in [-0.39, 0.29) is 24.2 Å². The van der Waals surface area contributed by atoms with Crippen molar-refractivity contribution in [1.29, 1.82) is 0 Å². The maximum absolute atomic E-state index is 12.9. The third-order valence-electron chi connectivity index (χ3n) is 5.12. The average Bonchev–Trinajstić information content (AvgIpc) is 3.24. The molecule has 0 unspecified atom stereocenters. The van der Waals surface area contributed by atoms with Gasteiger partial charge in [0.15, 0.2) is 6.61 Å². The molecule has 0 atom stereocenters. The fourth-order valence-electron chi connectivity index (χ4n) is 3.36. The number of likely N-dealkylation sites (tertiary alicyclic amines) is 1. The molecule has 0 aliphatic carbocycles. The van der Waals surface area contributed by atoms with Gasteiger partial charge in [-0.3, -0.25) is 4.79 Å². The van der Waals surface area contributed by atoms with Gasteiger partial charge >= 0.3 is 0 Å². The van der Waals surface area contributed by atoms with Crippen molar-refractivity contribution in [2.45, 2.75) is 25.7 Å². The summed E-state index contributed by atoms with van der Waals surface area (Å²) >= 11 is 0. The van der Waals surface area contributed by atoms with E-state index in [1.54, 1.807) is 4.90 Å². The summed E-state index contributed by atoms with van der Waals surface area (Å²) < 4.78 is 23.8. The van der Waals surface area contributed by atoms with Crippen LogP contribution in [0.15, 0.2) is 53.1 Å². The molecule has 2 aromatic carbocycles. The summed E-state index contributed by atoms with van der Waals surface area (Å²) in [5, 5.41) is 4.10. The van der Waals surface area contributed by atoms with Crippen LogP contribution in [0.4, 0.5) is 4.39 Å². The van der Waals surface area contributed by atoms with Gasteiger partial charge in [0.2, 0.25) is 11.7 Å². The number of halogens is 1. The van der Waals surface area contributed by atoms with E-state index >= 15 is 0 Å². The van der Waals surface area contributed by atoms with Gasteiger partial charge in [0.1, 0.15) is 11.6 Å². The number of hydrogen-bond acceptors (Lipinski definition) is 5. The second-order valence-corrected chi connectivity index (χ2v) is 7.22. The first kappa shape index (κ1) is 19.1. The summed E-state index contributed by atoms with van der Waals surface area (Å²) in [4.78, 5) is 18.7. The Labute approximate surface area is 168 Å². The zero-order chi connectivity index (χ0) is 20.2. The first-order chi connectivity index (χ1) is 14.1. The zero-order valence-corrected chi connectivity index (χ0v) is 16.2. The number of aryl methyl sites for hydroxylation is 1. The predicted molar refractivity (Wildman–Crippen MR) is 105 cm³/mol. The summed E-state index contributed by atoms with van der Waals surface area (Å²) in [6.07, 6.45) is 1.52. The van der Waals surface area contributed by atoms with Crippen LogP contribution in [-0.4, -0.2) is 40.6 Å². The molecule has 0 bridgehead atoms. The third-order valence-corrected chi connectivity index (χ3v) is 5.12. The van der Waals surface area contributed by atoms with Crippen LogP contribution in [-0.2, 0) is 4.79 Å². The highest BCUT2D eigenvalue weighted by molar-refractivity contribution is 5.77. The molecular formula is C22H22FN3O3. The molecular weight excluding hydrogens is 373 g/mol. The summed E-state index contributed by atoms with van der Waals surface area (Å²) in [6.45, 7) is 3.19. The van der Waals surface area contributed by atoms with E-state index in [4.69, 9.17) is 9.26 Å². The van der Waals surface area contributed by atoms with Gasteiger partial charge in [0.25, 0.3) is 5.91 Å². The summed E-state index contributed by atoms with van der Waals surface area (Å²) in [7, 11) is 0. The lowest BCUT2D eigenvalue weighted by Gasteiger charge is -2.30. The molecule has 4 rings (SSSR count). The number of amides is 1. The van der Waals surface area contributed by atoms with Crippen LogP contribution in [0.2, 0.25) is 0 Å². The molecule has 0 spiro atoms. The molecule has 1 saturated heterocycles. The van der Waals surface area contributed by atoms with Crippen LogP contribution < -0.4 is 4.74 Å². The minimum Gasteiger partial charge on any atom is -0.484 e. The van der Waals surface area contributed by atoms with E-state index in [0.717, 1.165) is 18.4 Å². The number of carbonyl (C=O) groups is 1. The molecule has 1 fully saturated rings. The van der Waals surface area contributed by atoms with E-state index in [2.05, 4.69) is 10.1 Å². The van der Waals surface area contributed by atoms with Crippen LogP contribution in [0.5, 0.6) is 5.75 Å². The first-order valence-electron chi connectivity index (χ1n) is 9.65. The van der Waals surface area contributed by atoms with Gasteiger partial charge in [-0.1, -0.05) is 35.0 Å². The van der Waals surface area contributed by atoms with Crippen LogP contribution in [0, 0.1) is 12.7 Å². The molecule has 1 aromatic heterocycles. The molecule has 0 N–H and O–H groups in total. The number of benzene rings is 2.